The first-order valence-electron chi connectivity index (χ1n) is 9.56. The number of anilines is 1. The third-order valence-corrected chi connectivity index (χ3v) is 4.98. The number of oxazole rings is 1. The molecule has 34 heavy (non-hydrogen) atoms. The van der Waals surface area contributed by atoms with Crippen LogP contribution in [0.2, 0.25) is 0 Å². The molecule has 7 nitrogen and oxygen atoms in total. The Morgan fingerprint density at radius 1 is 1.09 bits per heavy atom. The van der Waals surface area contributed by atoms with Gasteiger partial charge in [0.25, 0.3) is 5.91 Å². The number of pyridine rings is 1. The smallest absolute Gasteiger partial charge is 0.263 e. The number of rotatable bonds is 4. The van der Waals surface area contributed by atoms with Crippen molar-refractivity contribution >= 4 is 40.2 Å². The highest BCUT2D eigenvalue weighted by atomic mass is 32.1. The number of amides is 1. The minimum Gasteiger partial charge on any atom is -0.491 e. The van der Waals surface area contributed by atoms with Crippen molar-refractivity contribution in [2.24, 2.45) is 0 Å². The summed E-state index contributed by atoms with van der Waals surface area (Å²) in [5.74, 6) is -10.0. The average molecular weight is 490 g/mol. The molecule has 0 radical (unpaired) electrons. The fraction of sp³-hybridized carbons (Fsp3) is 0.0909. The van der Waals surface area contributed by atoms with E-state index in [0.717, 1.165) is 7.11 Å². The number of aryl methyl sites for hydroxylation is 1. The summed E-state index contributed by atoms with van der Waals surface area (Å²) in [5.41, 5.74) is 1.07. The topological polar surface area (TPSA) is 89.3 Å². The second-order valence-corrected chi connectivity index (χ2v) is 7.35. The molecule has 0 unspecified atom stereocenters. The van der Waals surface area contributed by atoms with Gasteiger partial charge in [0.15, 0.2) is 33.7 Å². The lowest BCUT2D eigenvalue weighted by atomic mass is 10.1. The Balaban J connectivity index is 1.57. The summed E-state index contributed by atoms with van der Waals surface area (Å²) < 4.78 is 66.2. The molecule has 4 aromatic rings. The second-order valence-electron chi connectivity index (χ2n) is 6.95. The molecule has 0 aliphatic heterocycles. The molecule has 12 heteroatoms. The Morgan fingerprint density at radius 3 is 2.44 bits per heavy atom. The molecular weight excluding hydrogens is 476 g/mol. The number of carbonyl (C=O) groups excluding carboxylic acids is 1. The van der Waals surface area contributed by atoms with Crippen molar-refractivity contribution < 1.29 is 31.5 Å². The van der Waals surface area contributed by atoms with Gasteiger partial charge in [0.05, 0.1) is 7.11 Å². The number of methoxy groups -OCH3 is 1. The van der Waals surface area contributed by atoms with Gasteiger partial charge in [-0.1, -0.05) is 6.07 Å². The number of ether oxygens (including phenoxy) is 1. The van der Waals surface area contributed by atoms with Crippen molar-refractivity contribution in [2.75, 3.05) is 12.4 Å². The highest BCUT2D eigenvalue weighted by Crippen LogP contribution is 2.30. The lowest BCUT2D eigenvalue weighted by Gasteiger charge is -2.14. The number of hydrogen-bond donors (Lipinski definition) is 2. The normalized spacial score (nSPS) is 10.9. The highest BCUT2D eigenvalue weighted by molar-refractivity contribution is 7.80. The van der Waals surface area contributed by atoms with Crippen LogP contribution in [0.3, 0.4) is 0 Å². The van der Waals surface area contributed by atoms with E-state index in [0.29, 0.717) is 28.0 Å². The summed E-state index contributed by atoms with van der Waals surface area (Å²) in [6, 6.07) is 8.48. The second kappa shape index (κ2) is 9.06. The SMILES string of the molecule is COc1c(F)c(F)c(C(=O)NC(=S)Nc2cc(-c3nc4ncccc4o3)ccc2C)c(F)c1F. The fourth-order valence-electron chi connectivity index (χ4n) is 3.09. The quantitative estimate of drug-likeness (QED) is 0.239. The first-order valence-corrected chi connectivity index (χ1v) is 9.97. The molecule has 0 fully saturated rings. The number of fused-ring (bicyclic) bond motifs is 1. The van der Waals surface area contributed by atoms with Gasteiger partial charge in [0.2, 0.25) is 17.5 Å². The molecule has 174 valence electrons. The van der Waals surface area contributed by atoms with Crippen LogP contribution in [0, 0.1) is 30.2 Å². The predicted octanol–water partition coefficient (Wildman–Crippen LogP) is 4.89. The van der Waals surface area contributed by atoms with Gasteiger partial charge in [-0.2, -0.15) is 13.8 Å². The summed E-state index contributed by atoms with van der Waals surface area (Å²) in [4.78, 5) is 20.7. The number of halogens is 4. The number of nitrogens with one attached hydrogen (secondary N) is 2. The van der Waals surface area contributed by atoms with E-state index in [1.807, 2.05) is 5.32 Å². The lowest BCUT2D eigenvalue weighted by Crippen LogP contribution is -2.35. The van der Waals surface area contributed by atoms with Crippen LogP contribution in [0.25, 0.3) is 22.7 Å². The summed E-state index contributed by atoms with van der Waals surface area (Å²) in [6.45, 7) is 1.73. The largest absolute Gasteiger partial charge is 0.491 e. The van der Waals surface area contributed by atoms with Gasteiger partial charge in [0.1, 0.15) is 5.56 Å². The molecule has 2 N–H and O–H groups in total. The zero-order valence-corrected chi connectivity index (χ0v) is 18.3. The van der Waals surface area contributed by atoms with Crippen molar-refractivity contribution in [1.29, 1.82) is 0 Å². The predicted molar refractivity (Wildman–Crippen MR) is 118 cm³/mol. The Morgan fingerprint density at radius 2 is 1.79 bits per heavy atom. The molecule has 2 aromatic carbocycles. The molecule has 2 heterocycles. The molecule has 0 aliphatic rings. The zero-order valence-electron chi connectivity index (χ0n) is 17.5. The molecule has 0 atom stereocenters. The van der Waals surface area contributed by atoms with Crippen LogP contribution in [0.4, 0.5) is 23.2 Å². The minimum absolute atomic E-state index is 0.278. The van der Waals surface area contributed by atoms with E-state index in [9.17, 15) is 22.4 Å². The van der Waals surface area contributed by atoms with Crippen molar-refractivity contribution in [3.8, 4) is 17.2 Å². The van der Waals surface area contributed by atoms with Crippen LogP contribution in [-0.2, 0) is 0 Å². The summed E-state index contributed by atoms with van der Waals surface area (Å²) >= 11 is 5.04. The maximum Gasteiger partial charge on any atom is 0.263 e. The van der Waals surface area contributed by atoms with Crippen LogP contribution in [0.15, 0.2) is 40.9 Å². The van der Waals surface area contributed by atoms with E-state index in [1.165, 1.54) is 0 Å². The minimum atomic E-state index is -1.92. The van der Waals surface area contributed by atoms with E-state index in [4.69, 9.17) is 16.6 Å². The Labute approximate surface area is 194 Å². The van der Waals surface area contributed by atoms with E-state index in [1.54, 1.807) is 43.5 Å². The Bertz CT molecular complexity index is 1400. The first-order chi connectivity index (χ1) is 16.2. The zero-order chi connectivity index (χ0) is 24.6. The van der Waals surface area contributed by atoms with Gasteiger partial charge in [0, 0.05) is 17.4 Å². The number of benzene rings is 2. The van der Waals surface area contributed by atoms with Gasteiger partial charge >= 0.3 is 0 Å². The number of thiocarbonyl (C=S) groups is 1. The Hall–Kier alpha value is -4.06. The van der Waals surface area contributed by atoms with Crippen molar-refractivity contribution in [2.45, 2.75) is 6.92 Å². The molecule has 1 amide bonds. The summed E-state index contributed by atoms with van der Waals surface area (Å²) in [5, 5.41) is 4.33. The Kier molecular flexibility index (Phi) is 6.16. The molecule has 2 aromatic heterocycles. The van der Waals surface area contributed by atoms with Crippen LogP contribution < -0.4 is 15.4 Å². The van der Waals surface area contributed by atoms with Gasteiger partial charge in [-0.3, -0.25) is 10.1 Å². The number of hydrogen-bond acceptors (Lipinski definition) is 6. The molecule has 0 bridgehead atoms. The lowest BCUT2D eigenvalue weighted by molar-refractivity contribution is 0.0966. The van der Waals surface area contributed by atoms with Crippen LogP contribution in [0.1, 0.15) is 15.9 Å². The van der Waals surface area contributed by atoms with E-state index in [2.05, 4.69) is 20.0 Å². The molecular formula is C22H14F4N4O3S. The van der Waals surface area contributed by atoms with Gasteiger partial charge in [-0.25, -0.2) is 13.8 Å². The first kappa shape index (κ1) is 23.1. The molecule has 0 saturated carbocycles. The standard InChI is InChI=1S/C22H14F4N4O3S/c1-9-5-6-10(21-29-19-12(33-21)4-3-7-27-19)8-11(9)28-22(34)30-20(31)13-14(23)16(25)18(32-2)17(26)15(13)24/h3-8H,1-2H3,(H2,28,30,31,34). The van der Waals surface area contributed by atoms with Crippen molar-refractivity contribution in [1.82, 2.24) is 15.3 Å². The van der Waals surface area contributed by atoms with Crippen LogP contribution in [-0.4, -0.2) is 28.1 Å². The van der Waals surface area contributed by atoms with Gasteiger partial charge in [-0.15, -0.1) is 0 Å². The maximum atomic E-state index is 14.2. The van der Waals surface area contributed by atoms with Gasteiger partial charge in [-0.05, 0) is 49.0 Å². The average Bonchev–Trinajstić information content (AvgIpc) is 3.24. The van der Waals surface area contributed by atoms with E-state index < -0.39 is 40.5 Å². The summed E-state index contributed by atoms with van der Waals surface area (Å²) in [6.07, 6.45) is 1.57. The number of carbonyl (C=O) groups is 1. The third kappa shape index (κ3) is 4.15. The molecule has 4 rings (SSSR count). The summed E-state index contributed by atoms with van der Waals surface area (Å²) in [7, 11) is 0.826. The number of aromatic nitrogens is 2. The van der Waals surface area contributed by atoms with Crippen LogP contribution >= 0.6 is 12.2 Å². The van der Waals surface area contributed by atoms with Crippen molar-refractivity contribution in [3.63, 3.8) is 0 Å². The molecule has 0 spiro atoms. The molecule has 0 aliphatic carbocycles. The van der Waals surface area contributed by atoms with E-state index in [-0.39, 0.29) is 11.0 Å². The monoisotopic (exact) mass is 490 g/mol. The molecule has 0 saturated heterocycles. The van der Waals surface area contributed by atoms with Crippen LogP contribution in [0.5, 0.6) is 5.75 Å². The van der Waals surface area contributed by atoms with E-state index >= 15 is 0 Å². The third-order valence-electron chi connectivity index (χ3n) is 4.78. The number of nitrogens with zero attached hydrogens (tertiary/aromatic N) is 2. The van der Waals surface area contributed by atoms with Crippen molar-refractivity contribution in [3.05, 3.63) is 70.9 Å². The highest BCUT2D eigenvalue weighted by Gasteiger charge is 2.30. The maximum absolute atomic E-state index is 14.2. The van der Waals surface area contributed by atoms with Gasteiger partial charge < -0.3 is 14.5 Å². The fourth-order valence-corrected chi connectivity index (χ4v) is 3.29.